The first-order valence-corrected chi connectivity index (χ1v) is 28.3. The Bertz CT molecular complexity index is 2730. The second kappa shape index (κ2) is 29.6. The molecule has 2 bridgehead atoms. The van der Waals surface area contributed by atoms with Crippen molar-refractivity contribution in [1.29, 1.82) is 0 Å². The van der Waals surface area contributed by atoms with Gasteiger partial charge in [0, 0.05) is 32.0 Å². The molecule has 83 heavy (non-hydrogen) atoms. The molecule has 15 N–H and O–H groups in total. The van der Waals surface area contributed by atoms with Crippen LogP contribution in [-0.2, 0) is 65.6 Å². The van der Waals surface area contributed by atoms with Gasteiger partial charge in [-0.15, -0.1) is 0 Å². The first-order chi connectivity index (χ1) is 39.5. The summed E-state index contributed by atoms with van der Waals surface area (Å²) in [4.78, 5) is 162. The predicted molar refractivity (Wildman–Crippen MR) is 300 cm³/mol. The summed E-state index contributed by atoms with van der Waals surface area (Å²) in [6.07, 6.45) is 2.34. The van der Waals surface area contributed by atoms with E-state index in [-0.39, 0.29) is 82.1 Å². The van der Waals surface area contributed by atoms with Gasteiger partial charge in [0.05, 0.1) is 19.7 Å². The first-order valence-electron chi connectivity index (χ1n) is 28.3. The molecule has 27 heteroatoms. The number of nitrogens with two attached hydrogens (primary N) is 2. The standard InChI is InChI=1S/C56H80N14O13/c1-31(2)25-39-50(79)66-40(26-34-16-19-37(72)20-17-34)49(78)62-32(3)47(76)67-41(30-71)53(82)69-24-10-15-42(69)52(81)68-56(27-35-11-6-5-7-12-35)22-8-13-36-18-21-43(70(36)54(56)83)51(80)63-33(4)46(75)65-38(14-9-23-59-55(57)58)48(77)61-28-44(73)60-29-45(74)64-39/h5-7,11-12,16-17,19-20,31-33,36,38-43,71-72H,8-10,13-15,18,21-30H2,1-4H3,(H,60,73)(H,61,77)(H,62,78)(H,63,80)(H,64,74)(H,65,75)(H,66,79)(H,67,76)(H,68,81)(H4,57,58,59)/t32-,33-,36?,38-,39-,40-,41-,42-,43?,56+/m0/s1. The van der Waals surface area contributed by atoms with Crippen molar-refractivity contribution >= 4 is 70.9 Å². The van der Waals surface area contributed by atoms with Gasteiger partial charge in [-0.05, 0) is 107 Å². The molecule has 11 amide bonds. The Kier molecular flexibility index (Phi) is 22.7. The van der Waals surface area contributed by atoms with Crippen molar-refractivity contribution in [2.24, 2.45) is 22.4 Å². The Morgan fingerprint density at radius 3 is 1.95 bits per heavy atom. The molecule has 0 spiro atoms. The molecular formula is C56H80N14O13. The smallest absolute Gasteiger partial charge is 0.249 e. The van der Waals surface area contributed by atoms with Gasteiger partial charge in [-0.2, -0.15) is 0 Å². The van der Waals surface area contributed by atoms with Crippen LogP contribution in [0.4, 0.5) is 0 Å². The van der Waals surface area contributed by atoms with Crippen molar-refractivity contribution in [2.75, 3.05) is 32.8 Å². The fraction of sp³-hybridized carbons (Fsp3) is 0.571. The molecule has 0 aliphatic carbocycles. The summed E-state index contributed by atoms with van der Waals surface area (Å²) in [5.74, 6) is -8.97. The summed E-state index contributed by atoms with van der Waals surface area (Å²) in [5.41, 5.74) is 10.5. The molecule has 452 valence electrons. The van der Waals surface area contributed by atoms with Crippen LogP contribution in [0.5, 0.6) is 5.75 Å². The number of nitrogens with one attached hydrogen (secondary N) is 9. The number of phenols is 1. The summed E-state index contributed by atoms with van der Waals surface area (Å²) in [6.45, 7) is 4.18. The number of fused-ring (bicyclic) bond motifs is 2. The maximum Gasteiger partial charge on any atom is 0.249 e. The van der Waals surface area contributed by atoms with Crippen LogP contribution in [0.2, 0.25) is 0 Å². The quantitative estimate of drug-likeness (QED) is 0.0601. The molecule has 2 aromatic rings. The number of aromatic hydroxyl groups is 1. The molecule has 2 aromatic carbocycles. The van der Waals surface area contributed by atoms with E-state index in [2.05, 4.69) is 52.8 Å². The Hall–Kier alpha value is -8.36. The first kappa shape index (κ1) is 63.8. The monoisotopic (exact) mass is 1160 g/mol. The lowest BCUT2D eigenvalue weighted by atomic mass is 9.84. The van der Waals surface area contributed by atoms with E-state index in [1.807, 2.05) is 0 Å². The molecule has 27 nitrogen and oxygen atoms in total. The van der Waals surface area contributed by atoms with E-state index in [1.54, 1.807) is 44.2 Å². The van der Waals surface area contributed by atoms with Crippen molar-refractivity contribution in [3.05, 3.63) is 65.7 Å². The zero-order chi connectivity index (χ0) is 60.5. The Labute approximate surface area is 481 Å². The van der Waals surface area contributed by atoms with Crippen molar-refractivity contribution in [2.45, 2.75) is 165 Å². The number of phenolic OH excluding ortho intramolecular Hbond substituents is 1. The summed E-state index contributed by atoms with van der Waals surface area (Å²) in [5, 5.41) is 44.0. The maximum absolute atomic E-state index is 15.4. The van der Waals surface area contributed by atoms with Crippen LogP contribution in [0.1, 0.15) is 103 Å². The van der Waals surface area contributed by atoms with Crippen molar-refractivity contribution in [3.8, 4) is 5.75 Å². The van der Waals surface area contributed by atoms with Crippen LogP contribution in [-0.4, -0.2) is 184 Å². The lowest BCUT2D eigenvalue weighted by Gasteiger charge is -2.39. The van der Waals surface area contributed by atoms with Crippen molar-refractivity contribution in [3.63, 3.8) is 0 Å². The number of benzene rings is 2. The van der Waals surface area contributed by atoms with Gasteiger partial charge < -0.3 is 79.3 Å². The third kappa shape index (κ3) is 17.6. The molecular weight excluding hydrogens is 1080 g/mol. The highest BCUT2D eigenvalue weighted by atomic mass is 16.3. The van der Waals surface area contributed by atoms with Gasteiger partial charge in [-0.1, -0.05) is 56.3 Å². The fourth-order valence-corrected chi connectivity index (χ4v) is 11.0. The Morgan fingerprint density at radius 1 is 0.651 bits per heavy atom. The minimum Gasteiger partial charge on any atom is -0.508 e. The average molecular weight is 1160 g/mol. The minimum atomic E-state index is -1.64. The molecule has 0 aromatic heterocycles. The van der Waals surface area contributed by atoms with E-state index < -0.39 is 145 Å². The number of rotatable bonds is 11. The molecule has 4 saturated heterocycles. The van der Waals surface area contributed by atoms with Crippen molar-refractivity contribution < 1.29 is 63.0 Å². The number of nitrogens with zero attached hydrogens (tertiary/aromatic N) is 3. The molecule has 4 aliphatic rings. The largest absolute Gasteiger partial charge is 0.508 e. The van der Waals surface area contributed by atoms with Gasteiger partial charge in [0.25, 0.3) is 0 Å². The number of amides is 11. The van der Waals surface area contributed by atoms with E-state index >= 15 is 4.79 Å². The Morgan fingerprint density at radius 2 is 1.29 bits per heavy atom. The van der Waals surface area contributed by atoms with Crippen LogP contribution in [0.15, 0.2) is 59.6 Å². The number of carbonyl (C=O) groups is 11. The van der Waals surface area contributed by atoms with E-state index in [9.17, 15) is 58.2 Å². The minimum absolute atomic E-state index is 0.00961. The lowest BCUT2D eigenvalue weighted by Crippen LogP contribution is -2.66. The van der Waals surface area contributed by atoms with Gasteiger partial charge in [-0.25, -0.2) is 0 Å². The number of aliphatic hydroxyl groups is 1. The molecule has 0 saturated carbocycles. The second-order valence-electron chi connectivity index (χ2n) is 22.2. The molecule has 4 heterocycles. The second-order valence-corrected chi connectivity index (χ2v) is 22.2. The van der Waals surface area contributed by atoms with Crippen LogP contribution in [0.3, 0.4) is 0 Å². The molecule has 4 fully saturated rings. The SMILES string of the molecule is CC(C)C[C@@H]1NC(=O)CNC(=O)CNC(=O)[C@H](CCCN=C(N)N)NC(=O)[C@H](C)NC(=O)C2CCC3CCC[C@](Cc4ccccc4)(NC(=O)[C@@H]4CCCN4C(=O)[C@H](CO)NC(=O)[C@H](C)NC(=O)[C@H](Cc4ccc(O)cc4)NC1=O)C(=O)N32. The number of aliphatic hydroxyl groups excluding tert-OH is 1. The molecule has 4 aliphatic heterocycles. The third-order valence-electron chi connectivity index (χ3n) is 15.3. The van der Waals surface area contributed by atoms with E-state index in [1.165, 1.54) is 47.9 Å². The summed E-state index contributed by atoms with van der Waals surface area (Å²) >= 11 is 0. The van der Waals surface area contributed by atoms with Crippen LogP contribution >= 0.6 is 0 Å². The van der Waals surface area contributed by atoms with Crippen LogP contribution in [0.25, 0.3) is 0 Å². The summed E-state index contributed by atoms with van der Waals surface area (Å²) in [7, 11) is 0. The molecule has 6 rings (SSSR count). The summed E-state index contributed by atoms with van der Waals surface area (Å²) in [6, 6.07) is 3.89. The lowest BCUT2D eigenvalue weighted by molar-refractivity contribution is -0.149. The number of carbonyl (C=O) groups excluding carboxylic acids is 11. The number of hydrogen-bond donors (Lipinski definition) is 13. The van der Waals surface area contributed by atoms with E-state index in [4.69, 9.17) is 11.5 Å². The normalized spacial score (nSPS) is 28.0. The van der Waals surface area contributed by atoms with Crippen LogP contribution in [0, 0.1) is 5.92 Å². The number of guanidine groups is 1. The van der Waals surface area contributed by atoms with Gasteiger partial charge in [0.2, 0.25) is 65.0 Å². The van der Waals surface area contributed by atoms with E-state index in [0.717, 1.165) is 0 Å². The van der Waals surface area contributed by atoms with E-state index in [0.29, 0.717) is 36.8 Å². The molecule has 0 radical (unpaired) electrons. The highest BCUT2D eigenvalue weighted by Gasteiger charge is 2.53. The van der Waals surface area contributed by atoms with Gasteiger partial charge in [0.15, 0.2) is 5.96 Å². The highest BCUT2D eigenvalue weighted by Crippen LogP contribution is 2.37. The van der Waals surface area contributed by atoms with Crippen LogP contribution < -0.4 is 59.3 Å². The van der Waals surface area contributed by atoms with Gasteiger partial charge in [-0.3, -0.25) is 57.7 Å². The van der Waals surface area contributed by atoms with Crippen molar-refractivity contribution in [1.82, 2.24) is 57.7 Å². The topological polar surface area (TPSA) is 407 Å². The number of aliphatic imine (C=N–C) groups is 1. The number of hydrogen-bond acceptors (Lipinski definition) is 14. The zero-order valence-corrected chi connectivity index (χ0v) is 47.4. The summed E-state index contributed by atoms with van der Waals surface area (Å²) < 4.78 is 0. The highest BCUT2D eigenvalue weighted by molar-refractivity contribution is 6.01. The Balaban J connectivity index is 1.32. The molecule has 2 unspecified atom stereocenters. The predicted octanol–water partition coefficient (Wildman–Crippen LogP) is -3.15. The fourth-order valence-electron chi connectivity index (χ4n) is 11.0. The van der Waals surface area contributed by atoms with Gasteiger partial charge >= 0.3 is 0 Å². The molecule has 10 atom stereocenters. The maximum atomic E-state index is 15.4. The van der Waals surface area contributed by atoms with Gasteiger partial charge in [0.1, 0.15) is 59.6 Å². The third-order valence-corrected chi connectivity index (χ3v) is 15.3. The zero-order valence-electron chi connectivity index (χ0n) is 47.4. The average Bonchev–Trinajstić information content (AvgIpc) is 3.71.